The summed E-state index contributed by atoms with van der Waals surface area (Å²) in [6.45, 7) is 1.66. The van der Waals surface area contributed by atoms with E-state index in [0.29, 0.717) is 5.92 Å². The molecule has 0 spiro atoms. The normalized spacial score (nSPS) is 26.3. The van der Waals surface area contributed by atoms with Gasteiger partial charge in [0.15, 0.2) is 0 Å². The molecule has 6 nitrogen and oxygen atoms in total. The molecule has 0 aromatic carbocycles. The van der Waals surface area contributed by atoms with Crippen LogP contribution < -0.4 is 5.32 Å². The monoisotopic (exact) mass is 240 g/mol. The molecule has 1 heterocycles. The Morgan fingerprint density at radius 2 is 2.12 bits per heavy atom. The molecular weight excluding hydrogens is 224 g/mol. The second-order valence-electron chi connectivity index (χ2n) is 4.75. The van der Waals surface area contributed by atoms with Gasteiger partial charge < -0.3 is 15.3 Å². The molecule has 0 bridgehead atoms. The number of carboxylic acids is 1. The minimum atomic E-state index is -1.07. The molecule has 2 atom stereocenters. The number of hydrogen-bond donors (Lipinski definition) is 2. The van der Waals surface area contributed by atoms with Gasteiger partial charge in [0, 0.05) is 12.5 Å². The van der Waals surface area contributed by atoms with Crippen LogP contribution in [0.4, 0.5) is 0 Å². The number of carbonyl (C=O) groups excluding carboxylic acids is 2. The molecule has 1 saturated carbocycles. The molecule has 6 heteroatoms. The van der Waals surface area contributed by atoms with Gasteiger partial charge in [0.05, 0.1) is 0 Å². The molecule has 2 N–H and O–H groups in total. The van der Waals surface area contributed by atoms with Gasteiger partial charge in [-0.05, 0) is 18.8 Å². The minimum Gasteiger partial charge on any atom is -0.480 e. The summed E-state index contributed by atoms with van der Waals surface area (Å²) in [5.41, 5.74) is 0. The van der Waals surface area contributed by atoms with Gasteiger partial charge in [0.2, 0.25) is 11.8 Å². The largest absolute Gasteiger partial charge is 0.480 e. The van der Waals surface area contributed by atoms with Gasteiger partial charge in [-0.15, -0.1) is 0 Å². The predicted molar refractivity (Wildman–Crippen MR) is 58.0 cm³/mol. The summed E-state index contributed by atoms with van der Waals surface area (Å²) in [6, 6.07) is -0.929. The van der Waals surface area contributed by atoms with Crippen LogP contribution in [0, 0.1) is 11.8 Å². The Balaban J connectivity index is 2.10. The highest BCUT2D eigenvalue weighted by molar-refractivity contribution is 5.92. The summed E-state index contributed by atoms with van der Waals surface area (Å²) in [5, 5.41) is 11.5. The lowest BCUT2D eigenvalue weighted by molar-refractivity contribution is -0.156. The number of aliphatic carboxylic acids is 1. The summed E-state index contributed by atoms with van der Waals surface area (Å²) >= 11 is 0. The predicted octanol–water partition coefficient (Wildman–Crippen LogP) is -0.556. The fourth-order valence-electron chi connectivity index (χ4n) is 2.15. The van der Waals surface area contributed by atoms with Gasteiger partial charge in [-0.25, -0.2) is 4.79 Å². The van der Waals surface area contributed by atoms with Gasteiger partial charge in [0.25, 0.3) is 0 Å². The summed E-state index contributed by atoms with van der Waals surface area (Å²) in [6.07, 6.45) is 2.04. The number of amides is 2. The Bertz CT molecular complexity index is 364. The number of hydrogen-bond acceptors (Lipinski definition) is 3. The maximum Gasteiger partial charge on any atom is 0.328 e. The second kappa shape index (κ2) is 4.35. The van der Waals surface area contributed by atoms with E-state index in [0.717, 1.165) is 12.8 Å². The fourth-order valence-corrected chi connectivity index (χ4v) is 2.15. The van der Waals surface area contributed by atoms with Crippen molar-refractivity contribution in [1.82, 2.24) is 10.2 Å². The van der Waals surface area contributed by atoms with E-state index in [-0.39, 0.29) is 30.8 Å². The minimum absolute atomic E-state index is 0.00269. The van der Waals surface area contributed by atoms with E-state index < -0.39 is 12.0 Å². The van der Waals surface area contributed by atoms with E-state index in [1.54, 1.807) is 0 Å². The first-order valence-corrected chi connectivity index (χ1v) is 5.80. The zero-order valence-electron chi connectivity index (χ0n) is 9.68. The third-order valence-electron chi connectivity index (χ3n) is 3.47. The van der Waals surface area contributed by atoms with Crippen LogP contribution in [0.15, 0.2) is 0 Å². The van der Waals surface area contributed by atoms with Gasteiger partial charge in [-0.1, -0.05) is 6.92 Å². The lowest BCUT2D eigenvalue weighted by atomic mass is 10.0. The van der Waals surface area contributed by atoms with E-state index in [1.165, 1.54) is 4.90 Å². The van der Waals surface area contributed by atoms with Crippen molar-refractivity contribution in [3.8, 4) is 0 Å². The SMILES string of the molecule is CC(C(=O)N1CC(=O)NCC1C(=O)O)C1CC1. The van der Waals surface area contributed by atoms with Crippen LogP contribution in [0.3, 0.4) is 0 Å². The summed E-state index contributed by atoms with van der Waals surface area (Å²) in [5.74, 6) is -1.39. The Morgan fingerprint density at radius 1 is 1.47 bits per heavy atom. The van der Waals surface area contributed by atoms with Gasteiger partial charge in [0.1, 0.15) is 12.6 Å². The first-order valence-electron chi connectivity index (χ1n) is 5.80. The average Bonchev–Trinajstić information content (AvgIpc) is 3.10. The first kappa shape index (κ1) is 11.9. The Hall–Kier alpha value is -1.59. The summed E-state index contributed by atoms with van der Waals surface area (Å²) in [7, 11) is 0. The molecule has 94 valence electrons. The molecule has 2 fully saturated rings. The molecule has 0 aromatic heterocycles. The van der Waals surface area contributed by atoms with Crippen molar-refractivity contribution in [3.05, 3.63) is 0 Å². The number of piperazine rings is 1. The summed E-state index contributed by atoms with van der Waals surface area (Å²) in [4.78, 5) is 35.6. The van der Waals surface area contributed by atoms with Crippen LogP contribution in [0.1, 0.15) is 19.8 Å². The van der Waals surface area contributed by atoms with Crippen LogP contribution in [0.25, 0.3) is 0 Å². The van der Waals surface area contributed by atoms with Crippen molar-refractivity contribution in [2.75, 3.05) is 13.1 Å². The zero-order valence-corrected chi connectivity index (χ0v) is 9.68. The average molecular weight is 240 g/mol. The zero-order chi connectivity index (χ0) is 12.6. The quantitative estimate of drug-likeness (QED) is 0.692. The van der Waals surface area contributed by atoms with E-state index in [1.807, 2.05) is 6.92 Å². The molecule has 17 heavy (non-hydrogen) atoms. The van der Waals surface area contributed by atoms with Crippen LogP contribution in [0.2, 0.25) is 0 Å². The molecule has 1 aliphatic heterocycles. The highest BCUT2D eigenvalue weighted by Gasteiger charge is 2.41. The lowest BCUT2D eigenvalue weighted by Gasteiger charge is -2.34. The topological polar surface area (TPSA) is 86.7 Å². The molecule has 2 rings (SSSR count). The van der Waals surface area contributed by atoms with Crippen LogP contribution in [-0.4, -0.2) is 46.9 Å². The lowest BCUT2D eigenvalue weighted by Crippen LogP contribution is -2.60. The molecule has 1 aliphatic carbocycles. The van der Waals surface area contributed by atoms with E-state index in [4.69, 9.17) is 5.11 Å². The van der Waals surface area contributed by atoms with Crippen molar-refractivity contribution in [2.45, 2.75) is 25.8 Å². The third kappa shape index (κ3) is 2.40. The second-order valence-corrected chi connectivity index (χ2v) is 4.75. The Morgan fingerprint density at radius 3 is 2.65 bits per heavy atom. The standard InChI is InChI=1S/C11H16N2O4/c1-6(7-2-3-7)10(15)13-5-9(14)12-4-8(13)11(16)17/h6-8H,2-5H2,1H3,(H,12,14)(H,16,17). The van der Waals surface area contributed by atoms with E-state index >= 15 is 0 Å². The third-order valence-corrected chi connectivity index (χ3v) is 3.47. The molecule has 2 unspecified atom stereocenters. The van der Waals surface area contributed by atoms with Crippen molar-refractivity contribution in [3.63, 3.8) is 0 Å². The summed E-state index contributed by atoms with van der Waals surface area (Å²) < 4.78 is 0. The molecule has 2 aliphatic rings. The first-order chi connectivity index (χ1) is 8.00. The smallest absolute Gasteiger partial charge is 0.328 e. The van der Waals surface area contributed by atoms with Gasteiger partial charge in [-0.3, -0.25) is 9.59 Å². The number of nitrogens with one attached hydrogen (secondary N) is 1. The number of nitrogens with zero attached hydrogens (tertiary/aromatic N) is 1. The van der Waals surface area contributed by atoms with Crippen molar-refractivity contribution in [1.29, 1.82) is 0 Å². The van der Waals surface area contributed by atoms with Crippen molar-refractivity contribution < 1.29 is 19.5 Å². The number of rotatable bonds is 3. The fraction of sp³-hybridized carbons (Fsp3) is 0.727. The van der Waals surface area contributed by atoms with Crippen molar-refractivity contribution in [2.24, 2.45) is 11.8 Å². The maximum absolute atomic E-state index is 12.1. The van der Waals surface area contributed by atoms with Gasteiger partial charge >= 0.3 is 5.97 Å². The number of carboxylic acid groups (broad SMARTS) is 1. The molecule has 0 aromatic rings. The van der Waals surface area contributed by atoms with Crippen LogP contribution in [-0.2, 0) is 14.4 Å². The Kier molecular flexibility index (Phi) is 3.04. The van der Waals surface area contributed by atoms with Crippen LogP contribution in [0.5, 0.6) is 0 Å². The highest BCUT2D eigenvalue weighted by atomic mass is 16.4. The molecule has 1 saturated heterocycles. The van der Waals surface area contributed by atoms with E-state index in [9.17, 15) is 14.4 Å². The highest BCUT2D eigenvalue weighted by Crippen LogP contribution is 2.37. The maximum atomic E-state index is 12.1. The van der Waals surface area contributed by atoms with Crippen molar-refractivity contribution >= 4 is 17.8 Å². The molecular formula is C11H16N2O4. The van der Waals surface area contributed by atoms with E-state index in [2.05, 4.69) is 5.32 Å². The van der Waals surface area contributed by atoms with Crippen LogP contribution >= 0.6 is 0 Å². The van der Waals surface area contributed by atoms with Gasteiger partial charge in [-0.2, -0.15) is 0 Å². The molecule has 2 amide bonds. The molecule has 0 radical (unpaired) electrons. The Labute approximate surface area is 99.0 Å². The number of carbonyl (C=O) groups is 3.